The van der Waals surface area contributed by atoms with Crippen molar-refractivity contribution < 1.29 is 4.79 Å². The molecule has 0 aliphatic rings. The predicted octanol–water partition coefficient (Wildman–Crippen LogP) is 3.01. The Hall–Kier alpha value is -3.41. The maximum Gasteiger partial charge on any atom is 0.327 e. The average molecular weight is 320 g/mol. The minimum absolute atomic E-state index is 0.286. The maximum absolute atomic E-state index is 12.7. The van der Waals surface area contributed by atoms with E-state index in [9.17, 15) is 9.59 Å². The quantitative estimate of drug-likeness (QED) is 0.775. The van der Waals surface area contributed by atoms with Gasteiger partial charge in [0.05, 0.1) is 6.54 Å². The zero-order valence-corrected chi connectivity index (χ0v) is 12.8. The zero-order valence-electron chi connectivity index (χ0n) is 12.8. The van der Waals surface area contributed by atoms with Gasteiger partial charge in [-0.3, -0.25) is 15.0 Å². The Balaban J connectivity index is 1.84. The molecule has 0 bridgehead atoms. The number of rotatable bonds is 4. The van der Waals surface area contributed by atoms with Crippen molar-refractivity contribution >= 4 is 17.5 Å². The van der Waals surface area contributed by atoms with E-state index in [4.69, 9.17) is 0 Å². The smallest absolute Gasteiger partial charge is 0.290 e. The van der Waals surface area contributed by atoms with Gasteiger partial charge >= 0.3 is 6.03 Å². The van der Waals surface area contributed by atoms with Crippen molar-refractivity contribution in [2.75, 3.05) is 10.2 Å². The van der Waals surface area contributed by atoms with Gasteiger partial charge in [0.2, 0.25) is 0 Å². The molecule has 6 heteroatoms. The van der Waals surface area contributed by atoms with Crippen molar-refractivity contribution in [3.63, 3.8) is 0 Å². The van der Waals surface area contributed by atoms with Gasteiger partial charge in [-0.05, 0) is 23.8 Å². The molecule has 3 aromatic rings. The van der Waals surface area contributed by atoms with E-state index in [1.807, 2.05) is 60.7 Å². The summed E-state index contributed by atoms with van der Waals surface area (Å²) in [6, 6.07) is 21.5. The predicted molar refractivity (Wildman–Crippen MR) is 92.9 cm³/mol. The second-order valence-corrected chi connectivity index (χ2v) is 5.14. The fourth-order valence-corrected chi connectivity index (χ4v) is 2.25. The number of urea groups is 1. The van der Waals surface area contributed by atoms with E-state index < -0.39 is 0 Å². The van der Waals surface area contributed by atoms with Crippen LogP contribution in [-0.2, 0) is 6.54 Å². The first-order valence-electron chi connectivity index (χ1n) is 7.45. The highest BCUT2D eigenvalue weighted by atomic mass is 16.2. The van der Waals surface area contributed by atoms with E-state index in [1.165, 1.54) is 12.1 Å². The Kier molecular flexibility index (Phi) is 4.67. The number of anilines is 2. The highest BCUT2D eigenvalue weighted by Gasteiger charge is 2.16. The zero-order chi connectivity index (χ0) is 16.8. The van der Waals surface area contributed by atoms with Gasteiger partial charge in [-0.25, -0.2) is 9.89 Å². The fourth-order valence-electron chi connectivity index (χ4n) is 2.25. The maximum atomic E-state index is 12.7. The Morgan fingerprint density at radius 3 is 2.25 bits per heavy atom. The van der Waals surface area contributed by atoms with E-state index in [1.54, 1.807) is 4.90 Å². The van der Waals surface area contributed by atoms with Gasteiger partial charge in [0, 0.05) is 11.8 Å². The second-order valence-electron chi connectivity index (χ2n) is 5.14. The van der Waals surface area contributed by atoms with Crippen molar-refractivity contribution in [2.24, 2.45) is 0 Å². The molecule has 1 aromatic heterocycles. The Bertz CT molecular complexity index is 842. The molecule has 0 aliphatic carbocycles. The van der Waals surface area contributed by atoms with Gasteiger partial charge in [-0.15, -0.1) is 0 Å². The van der Waals surface area contributed by atoms with Crippen molar-refractivity contribution in [3.05, 3.63) is 88.7 Å². The van der Waals surface area contributed by atoms with Crippen LogP contribution in [0.4, 0.5) is 16.3 Å². The molecule has 2 aromatic carbocycles. The Morgan fingerprint density at radius 2 is 1.62 bits per heavy atom. The fraction of sp³-hybridized carbons (Fsp3) is 0.0556. The molecule has 6 nitrogen and oxygen atoms in total. The van der Waals surface area contributed by atoms with Gasteiger partial charge in [-0.1, -0.05) is 48.5 Å². The Morgan fingerprint density at radius 1 is 0.958 bits per heavy atom. The molecule has 1 heterocycles. The van der Waals surface area contributed by atoms with Crippen LogP contribution >= 0.6 is 0 Å². The summed E-state index contributed by atoms with van der Waals surface area (Å²) < 4.78 is 0. The largest absolute Gasteiger partial charge is 0.327 e. The molecule has 0 atom stereocenters. The van der Waals surface area contributed by atoms with Crippen LogP contribution in [0.25, 0.3) is 0 Å². The van der Waals surface area contributed by atoms with E-state index in [2.05, 4.69) is 15.5 Å². The number of benzene rings is 2. The molecular weight excluding hydrogens is 304 g/mol. The number of nitrogens with zero attached hydrogens (tertiary/aromatic N) is 2. The number of H-pyrrole nitrogens is 1. The number of aromatic nitrogens is 2. The standard InChI is InChI=1S/C18H16N4O2/c23-17-12-11-16(20-21-17)19-18(24)22(15-9-5-2-6-10-15)13-14-7-3-1-4-8-14/h1-12H,13H2,(H,21,23)(H,19,20,24). The van der Waals surface area contributed by atoms with E-state index in [-0.39, 0.29) is 17.4 Å². The third-order valence-electron chi connectivity index (χ3n) is 3.41. The van der Waals surface area contributed by atoms with Gasteiger partial charge in [0.1, 0.15) is 0 Å². The number of carbonyl (C=O) groups is 1. The molecule has 0 radical (unpaired) electrons. The van der Waals surface area contributed by atoms with Crippen molar-refractivity contribution in [1.82, 2.24) is 10.2 Å². The van der Waals surface area contributed by atoms with Gasteiger partial charge in [0.25, 0.3) is 5.56 Å². The molecule has 2 amide bonds. The van der Waals surface area contributed by atoms with Gasteiger partial charge < -0.3 is 0 Å². The lowest BCUT2D eigenvalue weighted by Gasteiger charge is -2.23. The molecular formula is C18H16N4O2. The van der Waals surface area contributed by atoms with Crippen LogP contribution in [-0.4, -0.2) is 16.2 Å². The van der Waals surface area contributed by atoms with Crippen LogP contribution in [0.3, 0.4) is 0 Å². The third kappa shape index (κ3) is 3.86. The summed E-state index contributed by atoms with van der Waals surface area (Å²) in [5, 5.41) is 8.79. The average Bonchev–Trinajstić information content (AvgIpc) is 2.63. The summed E-state index contributed by atoms with van der Waals surface area (Å²) in [6.07, 6.45) is 0. The number of amides is 2. The minimum atomic E-state index is -0.329. The van der Waals surface area contributed by atoms with Crippen LogP contribution in [0.1, 0.15) is 5.56 Å². The summed E-state index contributed by atoms with van der Waals surface area (Å²) in [6.45, 7) is 0.417. The lowest BCUT2D eigenvalue weighted by Crippen LogP contribution is -2.35. The first kappa shape index (κ1) is 15.5. The summed E-state index contributed by atoms with van der Waals surface area (Å²) in [7, 11) is 0. The number of carbonyl (C=O) groups excluding carboxylic acids is 1. The highest BCUT2D eigenvalue weighted by molar-refractivity contribution is 6.01. The van der Waals surface area contributed by atoms with E-state index >= 15 is 0 Å². The highest BCUT2D eigenvalue weighted by Crippen LogP contribution is 2.18. The third-order valence-corrected chi connectivity index (χ3v) is 3.41. The minimum Gasteiger partial charge on any atom is -0.290 e. The molecule has 0 saturated carbocycles. The summed E-state index contributed by atoms with van der Waals surface area (Å²) in [5.41, 5.74) is 1.45. The normalized spacial score (nSPS) is 10.2. The molecule has 24 heavy (non-hydrogen) atoms. The summed E-state index contributed by atoms with van der Waals surface area (Å²) >= 11 is 0. The van der Waals surface area contributed by atoms with Gasteiger partial charge in [0.15, 0.2) is 5.82 Å². The first-order chi connectivity index (χ1) is 11.7. The lowest BCUT2D eigenvalue weighted by molar-refractivity contribution is 0.256. The number of aromatic amines is 1. The molecule has 2 N–H and O–H groups in total. The topological polar surface area (TPSA) is 78.1 Å². The SMILES string of the molecule is O=C(Nc1ccc(=O)[nH]n1)N(Cc1ccccc1)c1ccccc1. The van der Waals surface area contributed by atoms with Crippen LogP contribution in [0.15, 0.2) is 77.6 Å². The summed E-state index contributed by atoms with van der Waals surface area (Å²) in [5.74, 6) is 0.286. The molecule has 0 spiro atoms. The van der Waals surface area contributed by atoms with Crippen molar-refractivity contribution in [2.45, 2.75) is 6.54 Å². The van der Waals surface area contributed by atoms with Crippen LogP contribution in [0.2, 0.25) is 0 Å². The number of nitrogens with one attached hydrogen (secondary N) is 2. The monoisotopic (exact) mass is 320 g/mol. The van der Waals surface area contributed by atoms with Crippen molar-refractivity contribution in [3.8, 4) is 0 Å². The second kappa shape index (κ2) is 7.23. The summed E-state index contributed by atoms with van der Waals surface area (Å²) in [4.78, 5) is 25.4. The van der Waals surface area contributed by atoms with Crippen molar-refractivity contribution in [1.29, 1.82) is 0 Å². The van der Waals surface area contributed by atoms with Crippen LogP contribution in [0.5, 0.6) is 0 Å². The number of hydrogen-bond acceptors (Lipinski definition) is 3. The molecule has 3 rings (SSSR count). The number of hydrogen-bond donors (Lipinski definition) is 2. The molecule has 0 aliphatic heterocycles. The molecule has 0 saturated heterocycles. The first-order valence-corrected chi connectivity index (χ1v) is 7.45. The molecule has 120 valence electrons. The number of para-hydroxylation sites is 1. The lowest BCUT2D eigenvalue weighted by atomic mass is 10.2. The Labute approximate surface area is 138 Å². The molecule has 0 fully saturated rings. The van der Waals surface area contributed by atoms with E-state index in [0.29, 0.717) is 6.54 Å². The van der Waals surface area contributed by atoms with Crippen LogP contribution in [0, 0.1) is 0 Å². The molecule has 0 unspecified atom stereocenters. The van der Waals surface area contributed by atoms with Gasteiger partial charge in [-0.2, -0.15) is 5.10 Å². The van der Waals surface area contributed by atoms with Crippen LogP contribution < -0.4 is 15.8 Å². The van der Waals surface area contributed by atoms with E-state index in [0.717, 1.165) is 11.3 Å².